The summed E-state index contributed by atoms with van der Waals surface area (Å²) in [6, 6.07) is 0. The third kappa shape index (κ3) is 5.14. The van der Waals surface area contributed by atoms with Gasteiger partial charge in [-0.1, -0.05) is 27.2 Å². The molecule has 0 rings (SSSR count). The second-order valence-corrected chi connectivity index (χ2v) is 4.42. The number of nitrogens with zero attached hydrogens (tertiary/aromatic N) is 1. The van der Waals surface area contributed by atoms with E-state index in [1.165, 1.54) is 6.92 Å². The number of carbonyl (C=O) groups is 1. The van der Waals surface area contributed by atoms with Crippen LogP contribution in [0.1, 0.15) is 34.1 Å². The van der Waals surface area contributed by atoms with Crippen molar-refractivity contribution < 1.29 is 15.0 Å². The Kier molecular flexibility index (Phi) is 5.83. The Labute approximate surface area is 91.9 Å². The van der Waals surface area contributed by atoms with Crippen molar-refractivity contribution in [3.05, 3.63) is 0 Å². The van der Waals surface area contributed by atoms with E-state index in [1.807, 2.05) is 11.8 Å². The zero-order valence-electron chi connectivity index (χ0n) is 10.2. The molecule has 0 saturated carbocycles. The maximum atomic E-state index is 10.8. The van der Waals surface area contributed by atoms with Crippen LogP contribution in [0.5, 0.6) is 0 Å². The lowest BCUT2D eigenvalue weighted by atomic mass is 10.0. The minimum atomic E-state index is -1.65. The number of rotatable bonds is 7. The molecule has 2 N–H and O–H groups in total. The predicted molar refractivity (Wildman–Crippen MR) is 59.8 cm³/mol. The molecule has 0 spiro atoms. The highest BCUT2D eigenvalue weighted by atomic mass is 16.4. The van der Waals surface area contributed by atoms with Gasteiger partial charge >= 0.3 is 5.97 Å². The molecule has 0 aliphatic heterocycles. The van der Waals surface area contributed by atoms with E-state index in [1.54, 1.807) is 0 Å². The van der Waals surface area contributed by atoms with Crippen LogP contribution in [0.3, 0.4) is 0 Å². The lowest BCUT2D eigenvalue weighted by Gasteiger charge is -2.29. The summed E-state index contributed by atoms with van der Waals surface area (Å²) in [7, 11) is 0. The Bertz CT molecular complexity index is 204. The molecule has 0 aromatic heterocycles. The van der Waals surface area contributed by atoms with Crippen LogP contribution in [0, 0.1) is 5.92 Å². The lowest BCUT2D eigenvalue weighted by molar-refractivity contribution is -0.158. The fraction of sp³-hybridized carbons (Fsp3) is 0.909. The van der Waals surface area contributed by atoms with Gasteiger partial charge in [-0.25, -0.2) is 4.79 Å². The molecule has 0 amide bonds. The van der Waals surface area contributed by atoms with Crippen LogP contribution in [0.4, 0.5) is 0 Å². The maximum absolute atomic E-state index is 10.8. The van der Waals surface area contributed by atoms with E-state index in [9.17, 15) is 9.90 Å². The van der Waals surface area contributed by atoms with Crippen LogP contribution in [0.2, 0.25) is 0 Å². The number of hydrogen-bond acceptors (Lipinski definition) is 3. The van der Waals surface area contributed by atoms with Gasteiger partial charge in [0.1, 0.15) is 0 Å². The van der Waals surface area contributed by atoms with E-state index in [2.05, 4.69) is 13.8 Å². The first kappa shape index (κ1) is 14.4. The molecule has 2 atom stereocenters. The average molecular weight is 217 g/mol. The van der Waals surface area contributed by atoms with E-state index in [-0.39, 0.29) is 6.54 Å². The van der Waals surface area contributed by atoms with Crippen LogP contribution >= 0.6 is 0 Å². The highest BCUT2D eigenvalue weighted by Crippen LogP contribution is 2.10. The summed E-state index contributed by atoms with van der Waals surface area (Å²) < 4.78 is 0. The summed E-state index contributed by atoms with van der Waals surface area (Å²) in [5.41, 5.74) is -1.65. The number of likely N-dealkylation sites (N-methyl/N-ethyl adjacent to an activating group) is 1. The molecular formula is C11H23NO3. The van der Waals surface area contributed by atoms with Gasteiger partial charge in [-0.15, -0.1) is 0 Å². The smallest absolute Gasteiger partial charge is 0.336 e. The standard InChI is InChI=1S/C11H23NO3/c1-5-9(3)7-12(6-2)8-11(4,15)10(13)14/h9,15H,5-8H2,1-4H3,(H,13,14). The monoisotopic (exact) mass is 217 g/mol. The second-order valence-electron chi connectivity index (χ2n) is 4.42. The normalized spacial score (nSPS) is 17.5. The van der Waals surface area contributed by atoms with Crippen LogP contribution in [-0.2, 0) is 4.79 Å². The first-order valence-electron chi connectivity index (χ1n) is 5.51. The molecule has 0 fully saturated rings. The van der Waals surface area contributed by atoms with Crippen LogP contribution in [-0.4, -0.2) is 46.3 Å². The van der Waals surface area contributed by atoms with E-state index < -0.39 is 11.6 Å². The highest BCUT2D eigenvalue weighted by Gasteiger charge is 2.32. The highest BCUT2D eigenvalue weighted by molar-refractivity contribution is 5.76. The van der Waals surface area contributed by atoms with E-state index in [0.29, 0.717) is 5.92 Å². The summed E-state index contributed by atoms with van der Waals surface area (Å²) in [4.78, 5) is 12.7. The fourth-order valence-electron chi connectivity index (χ4n) is 1.38. The van der Waals surface area contributed by atoms with Crippen molar-refractivity contribution in [3.8, 4) is 0 Å². The summed E-state index contributed by atoms with van der Waals surface area (Å²) in [6.07, 6.45) is 1.06. The lowest BCUT2D eigenvalue weighted by Crippen LogP contribution is -2.47. The van der Waals surface area contributed by atoms with Crippen molar-refractivity contribution in [1.29, 1.82) is 0 Å². The van der Waals surface area contributed by atoms with E-state index in [4.69, 9.17) is 5.11 Å². The summed E-state index contributed by atoms with van der Waals surface area (Å²) in [5, 5.41) is 18.4. The molecule has 0 aliphatic carbocycles. The van der Waals surface area contributed by atoms with Crippen molar-refractivity contribution in [2.45, 2.75) is 39.7 Å². The Morgan fingerprint density at radius 1 is 1.47 bits per heavy atom. The van der Waals surface area contributed by atoms with Crippen LogP contribution < -0.4 is 0 Å². The van der Waals surface area contributed by atoms with E-state index in [0.717, 1.165) is 19.5 Å². The minimum Gasteiger partial charge on any atom is -0.479 e. The van der Waals surface area contributed by atoms with Gasteiger partial charge in [-0.2, -0.15) is 0 Å². The number of hydrogen-bond donors (Lipinski definition) is 2. The quantitative estimate of drug-likeness (QED) is 0.672. The summed E-state index contributed by atoms with van der Waals surface area (Å²) >= 11 is 0. The molecule has 0 aromatic rings. The maximum Gasteiger partial charge on any atom is 0.336 e. The third-order valence-electron chi connectivity index (χ3n) is 2.71. The molecule has 4 heteroatoms. The van der Waals surface area contributed by atoms with Gasteiger partial charge < -0.3 is 10.2 Å². The first-order valence-corrected chi connectivity index (χ1v) is 5.51. The SMILES string of the molecule is CCC(C)CN(CC)CC(C)(O)C(=O)O. The molecule has 0 bridgehead atoms. The zero-order valence-corrected chi connectivity index (χ0v) is 10.2. The van der Waals surface area contributed by atoms with Gasteiger partial charge in [0.2, 0.25) is 0 Å². The van der Waals surface area contributed by atoms with Gasteiger partial charge in [0.15, 0.2) is 5.60 Å². The molecule has 2 unspecified atom stereocenters. The van der Waals surface area contributed by atoms with Crippen molar-refractivity contribution in [1.82, 2.24) is 4.90 Å². The predicted octanol–water partition coefficient (Wildman–Crippen LogP) is 1.19. The Hall–Kier alpha value is -0.610. The molecule has 4 nitrogen and oxygen atoms in total. The van der Waals surface area contributed by atoms with Crippen molar-refractivity contribution in [3.63, 3.8) is 0 Å². The zero-order chi connectivity index (χ0) is 12.1. The van der Waals surface area contributed by atoms with Gasteiger partial charge in [0.05, 0.1) is 0 Å². The van der Waals surface area contributed by atoms with Crippen LogP contribution in [0.15, 0.2) is 0 Å². The Balaban J connectivity index is 4.26. The van der Waals surface area contributed by atoms with Gasteiger partial charge in [-0.3, -0.25) is 4.90 Å². The molecule has 15 heavy (non-hydrogen) atoms. The van der Waals surface area contributed by atoms with Crippen molar-refractivity contribution in [2.24, 2.45) is 5.92 Å². The molecule has 0 radical (unpaired) electrons. The number of carboxylic acid groups (broad SMARTS) is 1. The van der Waals surface area contributed by atoms with Crippen molar-refractivity contribution in [2.75, 3.05) is 19.6 Å². The second kappa shape index (κ2) is 6.08. The molecule has 0 saturated heterocycles. The minimum absolute atomic E-state index is 0.184. The Morgan fingerprint density at radius 2 is 2.00 bits per heavy atom. The largest absolute Gasteiger partial charge is 0.479 e. The summed E-state index contributed by atoms with van der Waals surface area (Å²) in [5.74, 6) is -0.639. The van der Waals surface area contributed by atoms with Crippen LogP contribution in [0.25, 0.3) is 0 Å². The van der Waals surface area contributed by atoms with Gasteiger partial charge in [0.25, 0.3) is 0 Å². The van der Waals surface area contributed by atoms with Gasteiger partial charge in [0, 0.05) is 13.1 Å². The number of aliphatic carboxylic acids is 1. The molecule has 0 heterocycles. The third-order valence-corrected chi connectivity index (χ3v) is 2.71. The van der Waals surface area contributed by atoms with E-state index >= 15 is 0 Å². The van der Waals surface area contributed by atoms with Gasteiger partial charge in [-0.05, 0) is 19.4 Å². The molecular weight excluding hydrogens is 194 g/mol. The first-order chi connectivity index (χ1) is 6.83. The number of aliphatic hydroxyl groups is 1. The average Bonchev–Trinajstić information content (AvgIpc) is 2.15. The summed E-state index contributed by atoms with van der Waals surface area (Å²) in [6.45, 7) is 9.31. The van der Waals surface area contributed by atoms with Crippen molar-refractivity contribution >= 4 is 5.97 Å². The Morgan fingerprint density at radius 3 is 2.33 bits per heavy atom. The number of carboxylic acids is 1. The topological polar surface area (TPSA) is 60.8 Å². The fourth-order valence-corrected chi connectivity index (χ4v) is 1.38. The molecule has 0 aromatic carbocycles. The molecule has 90 valence electrons. The molecule has 0 aliphatic rings.